The number of carbonyl (C=O) groups excluding carboxylic acids is 2. The Hall–Kier alpha value is -2.38. The molecular formula is C25H29N3O2S2. The third kappa shape index (κ3) is 3.82. The first-order valence-electron chi connectivity index (χ1n) is 11.4. The van der Waals surface area contributed by atoms with Crippen molar-refractivity contribution in [1.29, 1.82) is 0 Å². The number of amides is 2. The fraction of sp³-hybridized carbons (Fsp3) is 0.400. The molecule has 0 N–H and O–H groups in total. The highest BCUT2D eigenvalue weighted by Gasteiger charge is 2.43. The van der Waals surface area contributed by atoms with Gasteiger partial charge in [-0.2, -0.15) is 0 Å². The highest BCUT2D eigenvalue weighted by atomic mass is 32.2. The van der Waals surface area contributed by atoms with Gasteiger partial charge in [0.2, 0.25) is 0 Å². The Morgan fingerprint density at radius 1 is 0.844 bits per heavy atom. The molecule has 5 nitrogen and oxygen atoms in total. The molecule has 0 radical (unpaired) electrons. The molecule has 2 heterocycles. The summed E-state index contributed by atoms with van der Waals surface area (Å²) in [5, 5.41) is 3.36. The van der Waals surface area contributed by atoms with Crippen LogP contribution in [0.5, 0.6) is 0 Å². The lowest BCUT2D eigenvalue weighted by Gasteiger charge is -2.37. The summed E-state index contributed by atoms with van der Waals surface area (Å²) < 4.78 is 0. The van der Waals surface area contributed by atoms with Gasteiger partial charge in [-0.15, -0.1) is 0 Å². The van der Waals surface area contributed by atoms with E-state index in [9.17, 15) is 9.59 Å². The molecular weight excluding hydrogens is 438 g/mol. The highest BCUT2D eigenvalue weighted by Crippen LogP contribution is 2.51. The standard InChI is InChI=1S/C25H29N3O2S2/c1-4-7-15-27-22(29)20(23(30)28(25(27)31)16-8-5-2)24-26(6-3)19-14-13-17-11-9-10-12-18(17)21(19)32-24/h9-14H,4-8,15-16H2,1-3H3. The molecule has 2 aliphatic heterocycles. The third-order valence-electron chi connectivity index (χ3n) is 5.97. The monoisotopic (exact) mass is 467 g/mol. The second kappa shape index (κ2) is 9.63. The van der Waals surface area contributed by atoms with Crippen LogP contribution in [0.15, 0.2) is 51.9 Å². The minimum atomic E-state index is -0.265. The lowest BCUT2D eigenvalue weighted by Crippen LogP contribution is -2.57. The van der Waals surface area contributed by atoms with Crippen molar-refractivity contribution in [2.75, 3.05) is 24.5 Å². The van der Waals surface area contributed by atoms with Gasteiger partial charge in [-0.25, -0.2) is 0 Å². The molecule has 0 aromatic heterocycles. The van der Waals surface area contributed by atoms with Crippen LogP contribution in [0.1, 0.15) is 46.5 Å². The summed E-state index contributed by atoms with van der Waals surface area (Å²) in [6.07, 6.45) is 3.60. The SMILES string of the molecule is CCCCN1C(=O)C(=C2Sc3c(ccc4ccccc34)N2CC)C(=O)N(CCCC)C1=S. The van der Waals surface area contributed by atoms with Crippen molar-refractivity contribution in [2.45, 2.75) is 51.3 Å². The maximum absolute atomic E-state index is 13.6. The van der Waals surface area contributed by atoms with Gasteiger partial charge in [-0.3, -0.25) is 19.4 Å². The Labute approximate surface area is 199 Å². The summed E-state index contributed by atoms with van der Waals surface area (Å²) in [4.78, 5) is 33.7. The number of nitrogens with zero attached hydrogens (tertiary/aromatic N) is 3. The van der Waals surface area contributed by atoms with Crippen molar-refractivity contribution in [3.05, 3.63) is 47.0 Å². The average molecular weight is 468 g/mol. The molecule has 2 aromatic carbocycles. The van der Waals surface area contributed by atoms with Crippen LogP contribution in [-0.2, 0) is 9.59 Å². The maximum atomic E-state index is 13.6. The number of thioether (sulfide) groups is 1. The van der Waals surface area contributed by atoms with Crippen molar-refractivity contribution in [2.24, 2.45) is 0 Å². The number of unbranched alkanes of at least 4 members (excludes halogenated alkanes) is 2. The molecule has 168 valence electrons. The van der Waals surface area contributed by atoms with Crippen LogP contribution in [0.4, 0.5) is 5.69 Å². The van der Waals surface area contributed by atoms with E-state index < -0.39 is 0 Å². The number of anilines is 1. The number of fused-ring (bicyclic) bond motifs is 3. The first-order chi connectivity index (χ1) is 15.5. The number of benzene rings is 2. The molecule has 0 bridgehead atoms. The number of thiocarbonyl (C=S) groups is 1. The van der Waals surface area contributed by atoms with Gasteiger partial charge in [0.15, 0.2) is 5.11 Å². The Kier molecular flexibility index (Phi) is 6.86. The third-order valence-corrected chi connectivity index (χ3v) is 7.67. The van der Waals surface area contributed by atoms with Gasteiger partial charge in [0.25, 0.3) is 11.8 Å². The second-order valence-corrected chi connectivity index (χ2v) is 9.43. The van der Waals surface area contributed by atoms with E-state index in [1.165, 1.54) is 11.8 Å². The lowest BCUT2D eigenvalue weighted by atomic mass is 10.1. The van der Waals surface area contributed by atoms with Crippen LogP contribution in [0.2, 0.25) is 0 Å². The quantitative estimate of drug-likeness (QED) is 0.304. The van der Waals surface area contributed by atoms with Crippen molar-refractivity contribution < 1.29 is 9.59 Å². The minimum Gasteiger partial charge on any atom is -0.334 e. The smallest absolute Gasteiger partial charge is 0.268 e. The molecule has 0 saturated carbocycles. The van der Waals surface area contributed by atoms with E-state index in [4.69, 9.17) is 12.2 Å². The summed E-state index contributed by atoms with van der Waals surface area (Å²) in [7, 11) is 0. The summed E-state index contributed by atoms with van der Waals surface area (Å²) in [6.45, 7) is 7.97. The van der Waals surface area contributed by atoms with E-state index in [1.807, 2.05) is 12.1 Å². The Bertz CT molecular complexity index is 1080. The molecule has 4 rings (SSSR count). The van der Waals surface area contributed by atoms with Gasteiger partial charge in [-0.1, -0.05) is 68.8 Å². The zero-order valence-corrected chi connectivity index (χ0v) is 20.5. The average Bonchev–Trinajstić information content (AvgIpc) is 3.17. The molecule has 1 saturated heterocycles. The molecule has 32 heavy (non-hydrogen) atoms. The Balaban J connectivity index is 1.84. The van der Waals surface area contributed by atoms with E-state index in [0.717, 1.165) is 52.1 Å². The van der Waals surface area contributed by atoms with Crippen molar-refractivity contribution >= 4 is 57.4 Å². The summed E-state index contributed by atoms with van der Waals surface area (Å²) in [6, 6.07) is 12.4. The summed E-state index contributed by atoms with van der Waals surface area (Å²) in [5.41, 5.74) is 1.30. The van der Waals surface area contributed by atoms with E-state index >= 15 is 0 Å². The maximum Gasteiger partial charge on any atom is 0.268 e. The second-order valence-electron chi connectivity index (χ2n) is 8.06. The van der Waals surface area contributed by atoms with Crippen LogP contribution >= 0.6 is 24.0 Å². The summed E-state index contributed by atoms with van der Waals surface area (Å²) in [5.74, 6) is -0.529. The largest absolute Gasteiger partial charge is 0.334 e. The molecule has 2 amide bonds. The van der Waals surface area contributed by atoms with Gasteiger partial charge in [0.05, 0.1) is 10.7 Å². The number of hydrogen-bond acceptors (Lipinski definition) is 5. The van der Waals surface area contributed by atoms with E-state index in [-0.39, 0.29) is 17.4 Å². The molecule has 2 aliphatic rings. The summed E-state index contributed by atoms with van der Waals surface area (Å²) >= 11 is 7.15. The van der Waals surface area contributed by atoms with Crippen molar-refractivity contribution in [1.82, 2.24) is 9.80 Å². The molecule has 0 spiro atoms. The number of carbonyl (C=O) groups is 2. The van der Waals surface area contributed by atoms with E-state index in [1.54, 1.807) is 9.80 Å². The molecule has 1 fully saturated rings. The first-order valence-corrected chi connectivity index (χ1v) is 12.6. The zero-order chi connectivity index (χ0) is 22.8. The number of hydrogen-bond donors (Lipinski definition) is 0. The van der Waals surface area contributed by atoms with E-state index in [2.05, 4.69) is 49.9 Å². The van der Waals surface area contributed by atoms with Gasteiger partial charge in [-0.05, 0) is 48.8 Å². The van der Waals surface area contributed by atoms with Gasteiger partial charge in [0, 0.05) is 24.5 Å². The lowest BCUT2D eigenvalue weighted by molar-refractivity contribution is -0.134. The predicted octanol–water partition coefficient (Wildman–Crippen LogP) is 5.54. The van der Waals surface area contributed by atoms with Crippen molar-refractivity contribution in [3.63, 3.8) is 0 Å². The molecule has 0 unspecified atom stereocenters. The zero-order valence-electron chi connectivity index (χ0n) is 18.9. The van der Waals surface area contributed by atoms with Crippen LogP contribution in [0.25, 0.3) is 10.8 Å². The Morgan fingerprint density at radius 3 is 2.06 bits per heavy atom. The molecule has 7 heteroatoms. The minimum absolute atomic E-state index is 0.248. The van der Waals surface area contributed by atoms with Gasteiger partial charge < -0.3 is 4.90 Å². The van der Waals surface area contributed by atoms with Crippen molar-refractivity contribution in [3.8, 4) is 0 Å². The topological polar surface area (TPSA) is 43.9 Å². The molecule has 0 aliphatic carbocycles. The highest BCUT2D eigenvalue weighted by molar-refractivity contribution is 8.04. The predicted molar refractivity (Wildman–Crippen MR) is 136 cm³/mol. The molecule has 0 atom stereocenters. The number of rotatable bonds is 7. The fourth-order valence-corrected chi connectivity index (χ4v) is 5.94. The Morgan fingerprint density at radius 2 is 1.47 bits per heavy atom. The van der Waals surface area contributed by atoms with Crippen LogP contribution in [0.3, 0.4) is 0 Å². The first kappa shape index (κ1) is 22.8. The van der Waals surface area contributed by atoms with Crippen LogP contribution in [-0.4, -0.2) is 46.4 Å². The van der Waals surface area contributed by atoms with E-state index in [0.29, 0.717) is 24.7 Å². The van der Waals surface area contributed by atoms with Gasteiger partial charge in [0.1, 0.15) is 5.57 Å². The normalized spacial score (nSPS) is 16.6. The van der Waals surface area contributed by atoms with Gasteiger partial charge >= 0.3 is 0 Å². The fourth-order valence-electron chi connectivity index (χ4n) is 4.20. The van der Waals surface area contributed by atoms with Crippen LogP contribution in [0, 0.1) is 0 Å². The van der Waals surface area contributed by atoms with Crippen LogP contribution < -0.4 is 4.90 Å². The molecule has 2 aromatic rings.